The molecule has 0 radical (unpaired) electrons. The number of carbonyl (C=O) groups excluding carboxylic acids is 2. The number of aliphatic carboxylic acids is 1. The molecule has 3 rings (SSSR count). The largest absolute Gasteiger partial charge is 0.475 e. The molecule has 0 aromatic heterocycles. The van der Waals surface area contributed by atoms with E-state index in [1.807, 2.05) is 30.3 Å². The smallest absolute Gasteiger partial charge is 0.374 e. The number of amides is 1. The molecule has 1 spiro atoms. The van der Waals surface area contributed by atoms with Crippen LogP contribution < -0.4 is 0 Å². The Kier molecular flexibility index (Phi) is 2.85. The normalized spacial score (nSPS) is 23.1. The van der Waals surface area contributed by atoms with Crippen LogP contribution in [-0.2, 0) is 20.9 Å². The van der Waals surface area contributed by atoms with Crippen LogP contribution in [0.4, 0.5) is 0 Å². The summed E-state index contributed by atoms with van der Waals surface area (Å²) >= 11 is 0. The second-order valence-electron chi connectivity index (χ2n) is 5.62. The van der Waals surface area contributed by atoms with Crippen molar-refractivity contribution >= 4 is 17.7 Å². The molecule has 1 saturated heterocycles. The van der Waals surface area contributed by atoms with E-state index in [0.717, 1.165) is 18.4 Å². The molecule has 1 heterocycles. The van der Waals surface area contributed by atoms with Gasteiger partial charge in [-0.15, -0.1) is 0 Å². The minimum Gasteiger partial charge on any atom is -0.475 e. The summed E-state index contributed by atoms with van der Waals surface area (Å²) in [5.41, 5.74) is 0.489. The third-order valence-corrected chi connectivity index (χ3v) is 4.26. The number of carbonyl (C=O) groups is 3. The number of rotatable bonds is 4. The van der Waals surface area contributed by atoms with E-state index >= 15 is 0 Å². The lowest BCUT2D eigenvalue weighted by Gasteiger charge is -2.25. The third-order valence-electron chi connectivity index (χ3n) is 4.26. The summed E-state index contributed by atoms with van der Waals surface area (Å²) in [5, 5.41) is 8.99. The number of nitrogens with zero attached hydrogens (tertiary/aromatic N) is 1. The highest BCUT2D eigenvalue weighted by molar-refractivity contribution is 6.35. The van der Waals surface area contributed by atoms with Crippen LogP contribution in [-0.4, -0.2) is 33.7 Å². The van der Waals surface area contributed by atoms with E-state index in [1.54, 1.807) is 0 Å². The number of ketones is 1. The molecular weight excluding hydrogens is 258 g/mol. The van der Waals surface area contributed by atoms with Gasteiger partial charge in [0, 0.05) is 18.4 Å². The van der Waals surface area contributed by atoms with Gasteiger partial charge in [-0.25, -0.2) is 4.79 Å². The lowest BCUT2D eigenvalue weighted by molar-refractivity contribution is -0.153. The summed E-state index contributed by atoms with van der Waals surface area (Å²) < 4.78 is 0. The zero-order chi connectivity index (χ0) is 14.3. The molecule has 1 aromatic rings. The van der Waals surface area contributed by atoms with Gasteiger partial charge in [0.1, 0.15) is 6.04 Å². The Balaban J connectivity index is 1.89. The summed E-state index contributed by atoms with van der Waals surface area (Å²) in [7, 11) is 0. The number of hydrogen-bond acceptors (Lipinski definition) is 3. The first kappa shape index (κ1) is 12.8. The molecular formula is C15H15NO4. The Bertz CT molecular complexity index is 577. The quantitative estimate of drug-likeness (QED) is 0.837. The fraction of sp³-hybridized carbons (Fsp3) is 0.400. The number of benzene rings is 1. The molecule has 1 aliphatic carbocycles. The molecule has 5 heteroatoms. The first-order valence-electron chi connectivity index (χ1n) is 6.64. The predicted molar refractivity (Wildman–Crippen MR) is 69.7 cm³/mol. The molecule has 2 aliphatic rings. The Morgan fingerprint density at radius 2 is 1.90 bits per heavy atom. The molecule has 1 unspecified atom stereocenters. The molecule has 0 bridgehead atoms. The summed E-state index contributed by atoms with van der Waals surface area (Å²) in [4.78, 5) is 36.6. The first-order valence-corrected chi connectivity index (χ1v) is 6.64. The van der Waals surface area contributed by atoms with E-state index in [2.05, 4.69) is 0 Å². The SMILES string of the molecule is O=C(O)C(=O)C1N(Cc2ccccc2)C(=O)CC12CC2. The van der Waals surface area contributed by atoms with Gasteiger partial charge in [-0.2, -0.15) is 0 Å². The molecule has 1 aliphatic heterocycles. The summed E-state index contributed by atoms with van der Waals surface area (Å²) in [6.45, 7) is 0.297. The van der Waals surface area contributed by atoms with Gasteiger partial charge in [0.15, 0.2) is 0 Å². The zero-order valence-corrected chi connectivity index (χ0v) is 10.9. The average Bonchev–Trinajstić information content (AvgIpc) is 3.13. The predicted octanol–water partition coefficient (Wildman–Crippen LogP) is 1.22. The maximum atomic E-state index is 12.2. The number of Topliss-reactive ketones (excluding diaryl/α,β-unsaturated/α-hetero) is 1. The van der Waals surface area contributed by atoms with E-state index in [0.29, 0.717) is 13.0 Å². The Morgan fingerprint density at radius 3 is 2.45 bits per heavy atom. The fourth-order valence-corrected chi connectivity index (χ4v) is 3.08. The summed E-state index contributed by atoms with van der Waals surface area (Å²) in [6.07, 6.45) is 1.81. The van der Waals surface area contributed by atoms with Crippen molar-refractivity contribution in [3.63, 3.8) is 0 Å². The van der Waals surface area contributed by atoms with Gasteiger partial charge in [0.2, 0.25) is 5.91 Å². The van der Waals surface area contributed by atoms with Crippen molar-refractivity contribution in [1.82, 2.24) is 4.90 Å². The van der Waals surface area contributed by atoms with E-state index < -0.39 is 23.2 Å². The van der Waals surface area contributed by atoms with Crippen molar-refractivity contribution in [1.29, 1.82) is 0 Å². The molecule has 1 N–H and O–H groups in total. The van der Waals surface area contributed by atoms with Crippen LogP contribution in [0.3, 0.4) is 0 Å². The molecule has 1 amide bonds. The molecule has 20 heavy (non-hydrogen) atoms. The van der Waals surface area contributed by atoms with Crippen LogP contribution in [0.25, 0.3) is 0 Å². The fourth-order valence-electron chi connectivity index (χ4n) is 3.08. The van der Waals surface area contributed by atoms with Gasteiger partial charge in [-0.05, 0) is 18.4 Å². The number of carboxylic acid groups (broad SMARTS) is 1. The Morgan fingerprint density at radius 1 is 1.25 bits per heavy atom. The number of hydrogen-bond donors (Lipinski definition) is 1. The van der Waals surface area contributed by atoms with Crippen molar-refractivity contribution in [2.75, 3.05) is 0 Å². The lowest BCUT2D eigenvalue weighted by atomic mass is 9.93. The van der Waals surface area contributed by atoms with Crippen LogP contribution in [0.15, 0.2) is 30.3 Å². The monoisotopic (exact) mass is 273 g/mol. The van der Waals surface area contributed by atoms with Crippen molar-refractivity contribution < 1.29 is 19.5 Å². The summed E-state index contributed by atoms with van der Waals surface area (Å²) in [6, 6.07) is 8.53. The minimum atomic E-state index is -1.45. The highest BCUT2D eigenvalue weighted by Crippen LogP contribution is 2.57. The van der Waals surface area contributed by atoms with Crippen LogP contribution >= 0.6 is 0 Å². The van der Waals surface area contributed by atoms with Crippen molar-refractivity contribution in [2.24, 2.45) is 5.41 Å². The topological polar surface area (TPSA) is 74.7 Å². The molecule has 2 fully saturated rings. The maximum absolute atomic E-state index is 12.2. The zero-order valence-electron chi connectivity index (χ0n) is 10.9. The standard InChI is InChI=1S/C15H15NO4/c17-11-8-15(6-7-15)13(12(18)14(19)20)16(11)9-10-4-2-1-3-5-10/h1-5,13H,6-9H2,(H,19,20). The molecule has 104 valence electrons. The molecule has 5 nitrogen and oxygen atoms in total. The van der Waals surface area contributed by atoms with E-state index in [9.17, 15) is 14.4 Å². The maximum Gasteiger partial charge on any atom is 0.374 e. The van der Waals surface area contributed by atoms with E-state index in [-0.39, 0.29) is 5.91 Å². The average molecular weight is 273 g/mol. The number of likely N-dealkylation sites (tertiary alicyclic amines) is 1. The van der Waals surface area contributed by atoms with Gasteiger partial charge >= 0.3 is 5.97 Å². The van der Waals surface area contributed by atoms with Gasteiger partial charge < -0.3 is 10.0 Å². The van der Waals surface area contributed by atoms with Gasteiger partial charge in [0.05, 0.1) is 0 Å². The van der Waals surface area contributed by atoms with Crippen molar-refractivity contribution in [3.05, 3.63) is 35.9 Å². The van der Waals surface area contributed by atoms with Crippen LogP contribution in [0.1, 0.15) is 24.8 Å². The Labute approximate surface area is 116 Å². The number of carboxylic acids is 1. The molecule has 1 atom stereocenters. The third kappa shape index (κ3) is 1.99. The highest BCUT2D eigenvalue weighted by atomic mass is 16.4. The van der Waals surface area contributed by atoms with Crippen LogP contribution in [0, 0.1) is 5.41 Å². The van der Waals surface area contributed by atoms with Gasteiger partial charge in [-0.1, -0.05) is 30.3 Å². The minimum absolute atomic E-state index is 0.119. The van der Waals surface area contributed by atoms with Crippen molar-refractivity contribution in [2.45, 2.75) is 31.8 Å². The first-order chi connectivity index (χ1) is 9.53. The van der Waals surface area contributed by atoms with E-state index in [1.165, 1.54) is 4.90 Å². The van der Waals surface area contributed by atoms with Gasteiger partial charge in [-0.3, -0.25) is 9.59 Å². The van der Waals surface area contributed by atoms with Gasteiger partial charge in [0.25, 0.3) is 5.78 Å². The van der Waals surface area contributed by atoms with E-state index in [4.69, 9.17) is 5.11 Å². The molecule has 1 saturated carbocycles. The van der Waals surface area contributed by atoms with Crippen LogP contribution in [0.5, 0.6) is 0 Å². The highest BCUT2D eigenvalue weighted by Gasteiger charge is 2.62. The second-order valence-corrected chi connectivity index (χ2v) is 5.62. The summed E-state index contributed by atoms with van der Waals surface area (Å²) in [5.74, 6) is -2.43. The second kappa shape index (κ2) is 4.44. The lowest BCUT2D eigenvalue weighted by Crippen LogP contribution is -2.44. The Hall–Kier alpha value is -2.17. The molecule has 1 aromatic carbocycles. The van der Waals surface area contributed by atoms with Crippen LogP contribution in [0.2, 0.25) is 0 Å². The van der Waals surface area contributed by atoms with Crippen molar-refractivity contribution in [3.8, 4) is 0 Å².